The molecule has 0 heterocycles. The van der Waals surface area contributed by atoms with Crippen LogP contribution in [0.1, 0.15) is 0 Å². The molecule has 3 heteroatoms. The van der Waals surface area contributed by atoms with Crippen molar-refractivity contribution in [2.24, 2.45) is 0 Å². The van der Waals surface area contributed by atoms with Crippen LogP contribution in [0.5, 0.6) is 0 Å². The van der Waals surface area contributed by atoms with Crippen LogP contribution in [0.4, 0.5) is 0 Å². The largest absolute Gasteiger partial charge is 2.00 e. The number of nitrogens with zero attached hydrogens (tertiary/aromatic N) is 2. The summed E-state index contributed by atoms with van der Waals surface area (Å²) < 4.78 is 0. The molecule has 0 aliphatic carbocycles. The van der Waals surface area contributed by atoms with Crippen LogP contribution in [-0.4, -0.2) is 63.9 Å². The van der Waals surface area contributed by atoms with Gasteiger partial charge in [-0.05, 0) is 0 Å². The molecule has 0 N–H and O–H groups in total. The maximum Gasteiger partial charge on any atom is 2.00 e. The van der Waals surface area contributed by atoms with E-state index in [1.54, 1.807) is 24.3 Å². The fourth-order valence-corrected chi connectivity index (χ4v) is 0.514. The molecular formula is C12H20CaN2. The summed E-state index contributed by atoms with van der Waals surface area (Å²) in [5.74, 6) is 0. The number of rotatable bonds is 8. The van der Waals surface area contributed by atoms with Gasteiger partial charge < -0.3 is 10.6 Å². The van der Waals surface area contributed by atoms with Crippen LogP contribution in [0.3, 0.4) is 0 Å². The Morgan fingerprint density at radius 3 is 0.933 bits per heavy atom. The van der Waals surface area contributed by atoms with Crippen LogP contribution in [0.25, 0.3) is 10.6 Å². The molecule has 2 nitrogen and oxygen atoms in total. The fraction of sp³-hybridized carbons (Fsp3) is 0.333. The van der Waals surface area contributed by atoms with Crippen molar-refractivity contribution >= 4 is 37.7 Å². The monoisotopic (exact) mass is 232 g/mol. The third-order valence-corrected chi connectivity index (χ3v) is 1.03. The van der Waals surface area contributed by atoms with Gasteiger partial charge in [-0.2, -0.15) is 0 Å². The SMILES string of the molecule is C=CC[N-]CC=C.C=CC[N-]CC=C.[Ca+2]. The van der Waals surface area contributed by atoms with Gasteiger partial charge in [-0.25, -0.2) is 0 Å². The Kier molecular flexibility index (Phi) is 32.5. The second-order valence-electron chi connectivity index (χ2n) is 2.33. The van der Waals surface area contributed by atoms with Gasteiger partial charge in [-0.15, -0.1) is 76.8 Å². The molecule has 0 aromatic carbocycles. The predicted molar refractivity (Wildman–Crippen MR) is 72.7 cm³/mol. The van der Waals surface area contributed by atoms with Gasteiger partial charge in [-0.3, -0.25) is 0 Å². The van der Waals surface area contributed by atoms with E-state index >= 15 is 0 Å². The summed E-state index contributed by atoms with van der Waals surface area (Å²) >= 11 is 0. The molecule has 0 aliphatic rings. The minimum atomic E-state index is 0. The molecule has 0 spiro atoms. The van der Waals surface area contributed by atoms with Crippen LogP contribution in [-0.2, 0) is 0 Å². The van der Waals surface area contributed by atoms with E-state index in [2.05, 4.69) is 36.9 Å². The van der Waals surface area contributed by atoms with Crippen molar-refractivity contribution in [2.75, 3.05) is 26.2 Å². The van der Waals surface area contributed by atoms with Gasteiger partial charge in [0.05, 0.1) is 0 Å². The number of hydrogen-bond donors (Lipinski definition) is 0. The maximum absolute atomic E-state index is 3.97. The van der Waals surface area contributed by atoms with E-state index in [4.69, 9.17) is 0 Å². The van der Waals surface area contributed by atoms with E-state index in [0.717, 1.165) is 26.2 Å². The Balaban J connectivity index is -0.000000180. The van der Waals surface area contributed by atoms with E-state index in [9.17, 15) is 0 Å². The molecule has 0 aliphatic heterocycles. The second-order valence-corrected chi connectivity index (χ2v) is 2.33. The molecule has 0 atom stereocenters. The summed E-state index contributed by atoms with van der Waals surface area (Å²) in [5, 5.41) is 7.94. The van der Waals surface area contributed by atoms with Crippen molar-refractivity contribution in [3.8, 4) is 0 Å². The molecule has 0 radical (unpaired) electrons. The van der Waals surface area contributed by atoms with E-state index in [-0.39, 0.29) is 37.7 Å². The van der Waals surface area contributed by atoms with Crippen LogP contribution in [0.15, 0.2) is 50.6 Å². The minimum Gasteiger partial charge on any atom is -0.656 e. The first-order valence-corrected chi connectivity index (χ1v) is 4.53. The van der Waals surface area contributed by atoms with Gasteiger partial charge in [0.1, 0.15) is 0 Å². The molecule has 0 unspecified atom stereocenters. The van der Waals surface area contributed by atoms with Crippen LogP contribution in [0, 0.1) is 0 Å². The molecule has 0 aromatic rings. The average Bonchev–Trinajstić information content (AvgIpc) is 2.21. The zero-order chi connectivity index (χ0) is 11.1. The summed E-state index contributed by atoms with van der Waals surface area (Å²) in [6.45, 7) is 17.0. The molecule has 80 valence electrons. The third-order valence-electron chi connectivity index (χ3n) is 1.03. The molecule has 0 saturated heterocycles. The first kappa shape index (κ1) is 20.5. The van der Waals surface area contributed by atoms with Gasteiger partial charge >= 0.3 is 37.7 Å². The van der Waals surface area contributed by atoms with E-state index in [0.29, 0.717) is 0 Å². The van der Waals surface area contributed by atoms with Crippen molar-refractivity contribution in [2.45, 2.75) is 0 Å². The first-order chi connectivity index (χ1) is 6.83. The van der Waals surface area contributed by atoms with Gasteiger partial charge in [0.15, 0.2) is 0 Å². The zero-order valence-electron chi connectivity index (χ0n) is 9.57. The van der Waals surface area contributed by atoms with Gasteiger partial charge in [0, 0.05) is 0 Å². The average molecular weight is 232 g/mol. The minimum absolute atomic E-state index is 0. The molecule has 0 amide bonds. The summed E-state index contributed by atoms with van der Waals surface area (Å²) in [4.78, 5) is 0. The van der Waals surface area contributed by atoms with Crippen LogP contribution < -0.4 is 0 Å². The molecule has 0 aromatic heterocycles. The van der Waals surface area contributed by atoms with Crippen molar-refractivity contribution < 1.29 is 0 Å². The molecule has 0 rings (SSSR count). The Hall–Kier alpha value is 0.140. The van der Waals surface area contributed by atoms with E-state index < -0.39 is 0 Å². The fourth-order valence-electron chi connectivity index (χ4n) is 0.514. The van der Waals surface area contributed by atoms with Crippen molar-refractivity contribution in [3.63, 3.8) is 0 Å². The Labute approximate surface area is 124 Å². The second kappa shape index (κ2) is 23.7. The zero-order valence-corrected chi connectivity index (χ0v) is 11.8. The topological polar surface area (TPSA) is 28.2 Å². The van der Waals surface area contributed by atoms with Crippen LogP contribution >= 0.6 is 0 Å². The normalized spacial score (nSPS) is 7.47. The van der Waals surface area contributed by atoms with E-state index in [1.807, 2.05) is 0 Å². The van der Waals surface area contributed by atoms with Gasteiger partial charge in [0.25, 0.3) is 0 Å². The summed E-state index contributed by atoms with van der Waals surface area (Å²) in [5.41, 5.74) is 0. The van der Waals surface area contributed by atoms with Crippen LogP contribution in [0.2, 0.25) is 0 Å². The van der Waals surface area contributed by atoms with Gasteiger partial charge in [0.2, 0.25) is 0 Å². The van der Waals surface area contributed by atoms with Crippen molar-refractivity contribution in [1.82, 2.24) is 0 Å². The summed E-state index contributed by atoms with van der Waals surface area (Å²) in [6, 6.07) is 0. The smallest absolute Gasteiger partial charge is 0.656 e. The predicted octanol–water partition coefficient (Wildman–Crippen LogP) is 3.08. The summed E-state index contributed by atoms with van der Waals surface area (Å²) in [7, 11) is 0. The molecule has 0 bridgehead atoms. The molecule has 0 saturated carbocycles. The van der Waals surface area contributed by atoms with E-state index in [1.165, 1.54) is 0 Å². The first-order valence-electron chi connectivity index (χ1n) is 4.53. The molecular weight excluding hydrogens is 212 g/mol. The molecule has 15 heavy (non-hydrogen) atoms. The maximum atomic E-state index is 3.97. The summed E-state index contributed by atoms with van der Waals surface area (Å²) in [6.07, 6.45) is 7.07. The standard InChI is InChI=1S/2C6H10N.Ca/c2*1-3-5-7-6-4-2;/h2*3-4H,1-2,5-6H2;/q2*-1;+2. The Bertz CT molecular complexity index is 122. The number of hydrogen-bond acceptors (Lipinski definition) is 0. The molecule has 0 fully saturated rings. The van der Waals surface area contributed by atoms with Crippen molar-refractivity contribution in [3.05, 3.63) is 61.3 Å². The quantitative estimate of drug-likeness (QED) is 0.349. The van der Waals surface area contributed by atoms with Gasteiger partial charge in [-0.1, -0.05) is 0 Å². The van der Waals surface area contributed by atoms with Crippen molar-refractivity contribution in [1.29, 1.82) is 0 Å². The third kappa shape index (κ3) is 31.5. The Morgan fingerprint density at radius 2 is 0.800 bits per heavy atom. The Morgan fingerprint density at radius 1 is 0.600 bits per heavy atom.